The number of esters is 1. The van der Waals surface area contributed by atoms with Gasteiger partial charge in [0.1, 0.15) is 11.2 Å². The number of halogens is 1. The topological polar surface area (TPSA) is 82.3 Å². The van der Waals surface area contributed by atoms with Crippen LogP contribution in [0.3, 0.4) is 0 Å². The summed E-state index contributed by atoms with van der Waals surface area (Å²) >= 11 is 4.79. The van der Waals surface area contributed by atoms with E-state index in [1.807, 2.05) is 0 Å². The van der Waals surface area contributed by atoms with Crippen LogP contribution in [-0.4, -0.2) is 28.7 Å². The number of aromatic nitrogens is 1. The zero-order valence-corrected chi connectivity index (χ0v) is 13.2. The Labute approximate surface area is 128 Å². The predicted molar refractivity (Wildman–Crippen MR) is 77.6 cm³/mol. The van der Waals surface area contributed by atoms with Crippen LogP contribution in [0.5, 0.6) is 0 Å². The molecule has 1 aromatic rings. The van der Waals surface area contributed by atoms with E-state index in [-0.39, 0.29) is 17.1 Å². The van der Waals surface area contributed by atoms with Crippen LogP contribution >= 0.6 is 27.7 Å². The van der Waals surface area contributed by atoms with Crippen molar-refractivity contribution in [1.82, 2.24) is 4.98 Å². The van der Waals surface area contributed by atoms with Crippen LogP contribution in [0.25, 0.3) is 0 Å². The fourth-order valence-corrected chi connectivity index (χ4v) is 3.61. The zero-order valence-electron chi connectivity index (χ0n) is 10.8. The van der Waals surface area contributed by atoms with E-state index in [2.05, 4.69) is 20.9 Å². The van der Waals surface area contributed by atoms with Crippen molar-refractivity contribution >= 4 is 39.3 Å². The molecule has 0 bridgehead atoms. The maximum Gasteiger partial charge on any atom is 0.306 e. The molecule has 1 aromatic heterocycles. The molecular formula is C12H13BrN2O4S. The number of hydrogen-bond donors (Lipinski definition) is 0. The largest absolute Gasteiger partial charge is 0.469 e. The van der Waals surface area contributed by atoms with Crippen LogP contribution in [0.15, 0.2) is 21.8 Å². The molecule has 20 heavy (non-hydrogen) atoms. The second kappa shape index (κ2) is 6.09. The maximum atomic E-state index is 11.3. The van der Waals surface area contributed by atoms with Gasteiger partial charge in [0, 0.05) is 11.8 Å². The lowest BCUT2D eigenvalue weighted by Gasteiger charge is -2.13. The van der Waals surface area contributed by atoms with Crippen LogP contribution in [0.4, 0.5) is 5.69 Å². The second-order valence-electron chi connectivity index (χ2n) is 4.78. The van der Waals surface area contributed by atoms with Gasteiger partial charge in [0.2, 0.25) is 0 Å². The van der Waals surface area contributed by atoms with Crippen LogP contribution in [0.2, 0.25) is 0 Å². The van der Waals surface area contributed by atoms with Gasteiger partial charge in [0.25, 0.3) is 5.69 Å². The van der Waals surface area contributed by atoms with Crippen molar-refractivity contribution < 1.29 is 14.5 Å². The molecule has 1 aliphatic rings. The summed E-state index contributed by atoms with van der Waals surface area (Å²) < 4.78 is 5.30. The lowest BCUT2D eigenvalue weighted by atomic mass is 10.1. The van der Waals surface area contributed by atoms with E-state index in [4.69, 9.17) is 4.74 Å². The van der Waals surface area contributed by atoms with Crippen molar-refractivity contribution in [3.05, 3.63) is 26.9 Å². The summed E-state index contributed by atoms with van der Waals surface area (Å²) in [5, 5.41) is 11.3. The maximum absolute atomic E-state index is 11.3. The monoisotopic (exact) mass is 360 g/mol. The van der Waals surface area contributed by atoms with E-state index in [0.29, 0.717) is 15.9 Å². The highest BCUT2D eigenvalue weighted by Crippen LogP contribution is 2.52. The summed E-state index contributed by atoms with van der Waals surface area (Å²) in [5.74, 6) is 0.560. The van der Waals surface area contributed by atoms with Crippen molar-refractivity contribution in [2.75, 3.05) is 12.9 Å². The lowest BCUT2D eigenvalue weighted by Crippen LogP contribution is -2.13. The first-order chi connectivity index (χ1) is 9.46. The number of rotatable bonds is 6. The third-order valence-electron chi connectivity index (χ3n) is 3.22. The fraction of sp³-hybridized carbons (Fsp3) is 0.500. The predicted octanol–water partition coefficient (Wildman–Crippen LogP) is 3.19. The number of ether oxygens (including phenoxy) is 1. The Kier molecular flexibility index (Phi) is 4.64. The Morgan fingerprint density at radius 3 is 2.85 bits per heavy atom. The van der Waals surface area contributed by atoms with Crippen molar-refractivity contribution in [2.45, 2.75) is 24.3 Å². The van der Waals surface area contributed by atoms with Gasteiger partial charge in [0.15, 0.2) is 0 Å². The minimum atomic E-state index is -0.480. The molecule has 8 heteroatoms. The molecule has 0 radical (unpaired) electrons. The summed E-state index contributed by atoms with van der Waals surface area (Å²) in [6.45, 7) is 0. The summed E-state index contributed by atoms with van der Waals surface area (Å²) in [5.41, 5.74) is -0.0439. The van der Waals surface area contributed by atoms with Crippen LogP contribution in [0, 0.1) is 15.5 Å². The number of thioether (sulfide) groups is 1. The number of pyridine rings is 1. The molecule has 0 aliphatic heterocycles. The van der Waals surface area contributed by atoms with Gasteiger partial charge in [-0.25, -0.2) is 4.98 Å². The van der Waals surface area contributed by atoms with E-state index in [9.17, 15) is 14.9 Å². The van der Waals surface area contributed by atoms with Gasteiger partial charge in [-0.3, -0.25) is 14.9 Å². The Bertz CT molecular complexity index is 548. The first kappa shape index (κ1) is 15.2. The first-order valence-corrected chi connectivity index (χ1v) is 7.73. The molecule has 0 amide bonds. The Morgan fingerprint density at radius 1 is 1.65 bits per heavy atom. The summed E-state index contributed by atoms with van der Waals surface area (Å²) in [4.78, 5) is 25.6. The Hall–Kier alpha value is -1.15. The summed E-state index contributed by atoms with van der Waals surface area (Å²) in [7, 11) is 1.39. The minimum Gasteiger partial charge on any atom is -0.469 e. The summed E-state index contributed by atoms with van der Waals surface area (Å²) in [6.07, 6.45) is 3.66. The minimum absolute atomic E-state index is 0.000650. The lowest BCUT2D eigenvalue weighted by molar-refractivity contribution is -0.385. The number of hydrogen-bond acceptors (Lipinski definition) is 6. The number of methoxy groups -OCH3 is 1. The Balaban J connectivity index is 1.98. The van der Waals surface area contributed by atoms with E-state index >= 15 is 0 Å². The number of nitro groups is 1. The standard InChI is InChI=1S/C12H13BrN2O4S/c1-19-10(16)5-12(2-3-12)7-20-11-9(13)4-8(6-14-11)15(17)18/h4,6H,2-3,5,7H2,1H3. The molecular weight excluding hydrogens is 348 g/mol. The normalized spacial score (nSPS) is 15.7. The Morgan fingerprint density at radius 2 is 2.35 bits per heavy atom. The molecule has 108 valence electrons. The van der Waals surface area contributed by atoms with E-state index in [1.165, 1.54) is 31.1 Å². The molecule has 0 aromatic carbocycles. The van der Waals surface area contributed by atoms with Crippen LogP contribution < -0.4 is 0 Å². The van der Waals surface area contributed by atoms with Gasteiger partial charge < -0.3 is 4.74 Å². The van der Waals surface area contributed by atoms with Crippen molar-refractivity contribution in [3.8, 4) is 0 Å². The molecule has 0 atom stereocenters. The molecule has 1 saturated carbocycles. The average molecular weight is 361 g/mol. The van der Waals surface area contributed by atoms with Crippen molar-refractivity contribution in [2.24, 2.45) is 5.41 Å². The third-order valence-corrected chi connectivity index (χ3v) is 5.45. The SMILES string of the molecule is COC(=O)CC1(CSc2ncc([N+](=O)[O-])cc2Br)CC1. The fourth-order valence-electron chi connectivity index (χ4n) is 1.77. The van der Waals surface area contributed by atoms with Gasteiger partial charge in [-0.15, -0.1) is 11.8 Å². The highest BCUT2D eigenvalue weighted by Gasteiger charge is 2.44. The van der Waals surface area contributed by atoms with Gasteiger partial charge >= 0.3 is 5.97 Å². The van der Waals surface area contributed by atoms with Crippen LogP contribution in [-0.2, 0) is 9.53 Å². The molecule has 1 heterocycles. The zero-order chi connectivity index (χ0) is 14.8. The van der Waals surface area contributed by atoms with Gasteiger partial charge in [-0.2, -0.15) is 0 Å². The quantitative estimate of drug-likeness (QED) is 0.335. The van der Waals surface area contributed by atoms with Gasteiger partial charge in [-0.05, 0) is 34.2 Å². The molecule has 6 nitrogen and oxygen atoms in total. The summed E-state index contributed by atoms with van der Waals surface area (Å²) in [6, 6.07) is 1.44. The number of carbonyl (C=O) groups is 1. The molecule has 0 spiro atoms. The number of nitrogens with zero attached hydrogens (tertiary/aromatic N) is 2. The second-order valence-corrected chi connectivity index (χ2v) is 6.60. The molecule has 2 rings (SSSR count). The van der Waals surface area contributed by atoms with Crippen molar-refractivity contribution in [3.63, 3.8) is 0 Å². The van der Waals surface area contributed by atoms with Crippen LogP contribution in [0.1, 0.15) is 19.3 Å². The molecule has 1 aliphatic carbocycles. The van der Waals surface area contributed by atoms with Gasteiger partial charge in [0.05, 0.1) is 22.9 Å². The molecule has 0 N–H and O–H groups in total. The highest BCUT2D eigenvalue weighted by molar-refractivity contribution is 9.10. The average Bonchev–Trinajstić information content (AvgIpc) is 3.17. The van der Waals surface area contributed by atoms with E-state index < -0.39 is 4.92 Å². The highest BCUT2D eigenvalue weighted by atomic mass is 79.9. The molecule has 1 fully saturated rings. The first-order valence-electron chi connectivity index (χ1n) is 5.95. The molecule has 0 saturated heterocycles. The molecule has 0 unspecified atom stereocenters. The van der Waals surface area contributed by atoms with Gasteiger partial charge in [-0.1, -0.05) is 0 Å². The van der Waals surface area contributed by atoms with Crippen molar-refractivity contribution in [1.29, 1.82) is 0 Å². The third kappa shape index (κ3) is 3.69. The van der Waals surface area contributed by atoms with E-state index in [0.717, 1.165) is 18.6 Å². The smallest absolute Gasteiger partial charge is 0.306 e. The van der Waals surface area contributed by atoms with E-state index in [1.54, 1.807) is 0 Å². The number of carbonyl (C=O) groups excluding carboxylic acids is 1.